The first-order valence-corrected chi connectivity index (χ1v) is 8.67. The molecule has 4 rings (SSSR count). The minimum absolute atomic E-state index is 0.698. The fourth-order valence-electron chi connectivity index (χ4n) is 3.07. The number of imidazole rings is 1. The zero-order valence-corrected chi connectivity index (χ0v) is 14.6. The predicted molar refractivity (Wildman–Crippen MR) is 105 cm³/mol. The normalized spacial score (nSPS) is 11.8. The molecule has 0 spiro atoms. The highest BCUT2D eigenvalue weighted by atomic mass is 16.3. The van der Waals surface area contributed by atoms with E-state index in [1.807, 2.05) is 61.9 Å². The second-order valence-electron chi connectivity index (χ2n) is 5.97. The van der Waals surface area contributed by atoms with Crippen LogP contribution in [0, 0.1) is 0 Å². The molecule has 2 aromatic heterocycles. The van der Waals surface area contributed by atoms with Crippen molar-refractivity contribution in [3.8, 4) is 0 Å². The van der Waals surface area contributed by atoms with E-state index in [1.165, 1.54) is 0 Å². The Bertz CT molecular complexity index is 1020. The molecule has 2 heterocycles. The number of aromatic nitrogens is 2. The number of benzene rings is 2. The molecule has 1 N–H and O–H groups in total. The molecule has 0 radical (unpaired) electrons. The van der Waals surface area contributed by atoms with Gasteiger partial charge < -0.3 is 14.3 Å². The Kier molecular flexibility index (Phi) is 4.51. The molecular weight excluding hydrogens is 324 g/mol. The van der Waals surface area contributed by atoms with Gasteiger partial charge in [-0.25, -0.2) is 4.98 Å². The summed E-state index contributed by atoms with van der Waals surface area (Å²) in [4.78, 5) is 8.88. The van der Waals surface area contributed by atoms with Crippen LogP contribution in [0.4, 0.5) is 5.69 Å². The molecule has 0 saturated carbocycles. The standard InChI is InChI=1S/C21H20N4O/c1-2-23-21(24-16-6-4-3-5-7-16)18-8-9-20-17(10-13-26-20)19(18)14-25-12-11-22-15-25/h3-13,15H,2,14H2,1H3,(H,23,24). The number of fused-ring (bicyclic) bond motifs is 1. The summed E-state index contributed by atoms with van der Waals surface area (Å²) in [6, 6.07) is 16.2. The van der Waals surface area contributed by atoms with Gasteiger partial charge in [0.25, 0.3) is 0 Å². The lowest BCUT2D eigenvalue weighted by Crippen LogP contribution is -2.17. The van der Waals surface area contributed by atoms with Gasteiger partial charge in [0.05, 0.1) is 12.6 Å². The number of nitrogens with zero attached hydrogens (tertiary/aromatic N) is 3. The Morgan fingerprint density at radius 1 is 1.15 bits per heavy atom. The Labute approximate surface area is 152 Å². The van der Waals surface area contributed by atoms with Gasteiger partial charge in [0.15, 0.2) is 0 Å². The third kappa shape index (κ3) is 3.24. The number of rotatable bonds is 5. The van der Waals surface area contributed by atoms with Gasteiger partial charge in [0.1, 0.15) is 11.4 Å². The second kappa shape index (κ2) is 7.27. The van der Waals surface area contributed by atoms with Crippen LogP contribution in [0.25, 0.3) is 11.0 Å². The first-order valence-electron chi connectivity index (χ1n) is 8.67. The summed E-state index contributed by atoms with van der Waals surface area (Å²) < 4.78 is 7.66. The van der Waals surface area contributed by atoms with Gasteiger partial charge in [0.2, 0.25) is 0 Å². The van der Waals surface area contributed by atoms with Crippen molar-refractivity contribution in [1.82, 2.24) is 9.55 Å². The van der Waals surface area contributed by atoms with Crippen LogP contribution in [-0.4, -0.2) is 21.9 Å². The summed E-state index contributed by atoms with van der Waals surface area (Å²) in [5, 5.41) is 4.56. The number of furan rings is 1. The largest absolute Gasteiger partial charge is 0.464 e. The van der Waals surface area contributed by atoms with Crippen molar-refractivity contribution in [3.63, 3.8) is 0 Å². The molecule has 0 unspecified atom stereocenters. The molecule has 0 aliphatic rings. The zero-order chi connectivity index (χ0) is 17.8. The van der Waals surface area contributed by atoms with Gasteiger partial charge in [-0.15, -0.1) is 0 Å². The number of anilines is 1. The molecule has 4 aromatic rings. The van der Waals surface area contributed by atoms with E-state index in [1.54, 1.807) is 12.5 Å². The first-order chi connectivity index (χ1) is 12.8. The Hall–Kier alpha value is -3.34. The van der Waals surface area contributed by atoms with E-state index in [9.17, 15) is 0 Å². The molecular formula is C21H20N4O. The van der Waals surface area contributed by atoms with Crippen LogP contribution >= 0.6 is 0 Å². The van der Waals surface area contributed by atoms with E-state index in [0.29, 0.717) is 13.1 Å². The molecule has 5 heteroatoms. The monoisotopic (exact) mass is 344 g/mol. The van der Waals surface area contributed by atoms with Crippen LogP contribution in [0.3, 0.4) is 0 Å². The SMILES string of the molecule is CCN=C(Nc1ccccc1)c1ccc2occc2c1Cn1ccnc1. The van der Waals surface area contributed by atoms with E-state index < -0.39 is 0 Å². The van der Waals surface area contributed by atoms with Gasteiger partial charge in [-0.05, 0) is 42.8 Å². The molecule has 0 aliphatic carbocycles. The van der Waals surface area contributed by atoms with Crippen LogP contribution in [0.15, 0.2) is 82.9 Å². The number of hydrogen-bond acceptors (Lipinski definition) is 3. The highest BCUT2D eigenvalue weighted by Crippen LogP contribution is 2.26. The van der Waals surface area contributed by atoms with Crippen molar-refractivity contribution in [2.75, 3.05) is 11.9 Å². The molecule has 0 fully saturated rings. The van der Waals surface area contributed by atoms with Crippen molar-refractivity contribution in [2.24, 2.45) is 4.99 Å². The van der Waals surface area contributed by atoms with Gasteiger partial charge in [-0.2, -0.15) is 0 Å². The van der Waals surface area contributed by atoms with Crippen LogP contribution in [0.1, 0.15) is 18.1 Å². The summed E-state index contributed by atoms with van der Waals surface area (Å²) in [7, 11) is 0. The Balaban J connectivity index is 1.81. The van der Waals surface area contributed by atoms with Gasteiger partial charge >= 0.3 is 0 Å². The van der Waals surface area contributed by atoms with Gasteiger partial charge in [0, 0.05) is 42.1 Å². The van der Waals surface area contributed by atoms with Crippen LogP contribution in [0.5, 0.6) is 0 Å². The number of para-hydroxylation sites is 1. The quantitative estimate of drug-likeness (QED) is 0.427. The lowest BCUT2D eigenvalue weighted by atomic mass is 10.0. The van der Waals surface area contributed by atoms with Gasteiger partial charge in [-0.1, -0.05) is 18.2 Å². The number of aliphatic imine (C=N–C) groups is 1. The minimum Gasteiger partial charge on any atom is -0.464 e. The topological polar surface area (TPSA) is 55.4 Å². The molecule has 0 amide bonds. The fourth-order valence-corrected chi connectivity index (χ4v) is 3.07. The van der Waals surface area contributed by atoms with Crippen LogP contribution < -0.4 is 5.32 Å². The van der Waals surface area contributed by atoms with E-state index in [2.05, 4.69) is 20.9 Å². The first kappa shape index (κ1) is 16.1. The summed E-state index contributed by atoms with van der Waals surface area (Å²) in [5.41, 5.74) is 4.11. The number of nitrogens with one attached hydrogen (secondary N) is 1. The third-order valence-corrected chi connectivity index (χ3v) is 4.25. The van der Waals surface area contributed by atoms with Crippen molar-refractivity contribution in [3.05, 3.63) is 84.6 Å². The third-order valence-electron chi connectivity index (χ3n) is 4.25. The number of amidine groups is 1. The lowest BCUT2D eigenvalue weighted by Gasteiger charge is -2.16. The maximum absolute atomic E-state index is 5.61. The Morgan fingerprint density at radius 2 is 2.04 bits per heavy atom. The number of hydrogen-bond donors (Lipinski definition) is 1. The molecule has 130 valence electrons. The average molecular weight is 344 g/mol. The van der Waals surface area contributed by atoms with Crippen molar-refractivity contribution < 1.29 is 4.42 Å². The van der Waals surface area contributed by atoms with E-state index in [0.717, 1.165) is 33.6 Å². The predicted octanol–water partition coefficient (Wildman–Crippen LogP) is 4.56. The zero-order valence-electron chi connectivity index (χ0n) is 14.6. The Morgan fingerprint density at radius 3 is 2.81 bits per heavy atom. The average Bonchev–Trinajstić information content (AvgIpc) is 3.34. The molecule has 0 atom stereocenters. The van der Waals surface area contributed by atoms with E-state index in [4.69, 9.17) is 9.41 Å². The second-order valence-corrected chi connectivity index (χ2v) is 5.97. The van der Waals surface area contributed by atoms with Crippen LogP contribution in [0.2, 0.25) is 0 Å². The smallest absolute Gasteiger partial charge is 0.134 e. The fraction of sp³-hybridized carbons (Fsp3) is 0.143. The summed E-state index contributed by atoms with van der Waals surface area (Å²) in [6.07, 6.45) is 7.31. The highest BCUT2D eigenvalue weighted by molar-refractivity contribution is 6.11. The molecule has 2 aromatic carbocycles. The van der Waals surface area contributed by atoms with Crippen molar-refractivity contribution in [2.45, 2.75) is 13.5 Å². The summed E-state index contributed by atoms with van der Waals surface area (Å²) >= 11 is 0. The van der Waals surface area contributed by atoms with E-state index >= 15 is 0 Å². The van der Waals surface area contributed by atoms with Gasteiger partial charge in [-0.3, -0.25) is 4.99 Å². The molecule has 5 nitrogen and oxygen atoms in total. The molecule has 26 heavy (non-hydrogen) atoms. The maximum atomic E-state index is 5.61. The van der Waals surface area contributed by atoms with E-state index in [-0.39, 0.29) is 0 Å². The molecule has 0 aliphatic heterocycles. The van der Waals surface area contributed by atoms with Crippen molar-refractivity contribution >= 4 is 22.5 Å². The van der Waals surface area contributed by atoms with Crippen molar-refractivity contribution in [1.29, 1.82) is 0 Å². The molecule has 0 saturated heterocycles. The highest BCUT2D eigenvalue weighted by Gasteiger charge is 2.15. The maximum Gasteiger partial charge on any atom is 0.134 e. The lowest BCUT2D eigenvalue weighted by molar-refractivity contribution is 0.615. The van der Waals surface area contributed by atoms with Crippen LogP contribution in [-0.2, 0) is 6.54 Å². The minimum atomic E-state index is 0.698. The summed E-state index contributed by atoms with van der Waals surface area (Å²) in [6.45, 7) is 3.44. The molecule has 0 bridgehead atoms. The summed E-state index contributed by atoms with van der Waals surface area (Å²) in [5.74, 6) is 0.858.